The minimum Gasteiger partial charge on any atom is -0.394 e. The standard InChI is InChI=1S/C10H15N3O5/c11-9-5(3-14)2-13(10(17)12-9)8-1-6(16)7(4-15)18-8/h2,6-8,14-16H,1,3-4H2,(H2,11,12,17). The fourth-order valence-electron chi connectivity index (χ4n) is 1.90. The Labute approximate surface area is 102 Å². The van der Waals surface area contributed by atoms with Crippen LogP contribution in [0.3, 0.4) is 0 Å². The van der Waals surface area contributed by atoms with Crippen molar-refractivity contribution in [2.45, 2.75) is 31.5 Å². The van der Waals surface area contributed by atoms with Gasteiger partial charge in [-0.15, -0.1) is 0 Å². The van der Waals surface area contributed by atoms with E-state index in [-0.39, 0.29) is 25.5 Å². The first-order valence-electron chi connectivity index (χ1n) is 5.49. The average molecular weight is 257 g/mol. The van der Waals surface area contributed by atoms with E-state index in [2.05, 4.69) is 4.98 Å². The number of hydrogen-bond acceptors (Lipinski definition) is 7. The third kappa shape index (κ3) is 2.23. The van der Waals surface area contributed by atoms with Crippen LogP contribution >= 0.6 is 0 Å². The summed E-state index contributed by atoms with van der Waals surface area (Å²) in [5.74, 6) is -0.0315. The van der Waals surface area contributed by atoms with Crippen molar-refractivity contribution in [3.05, 3.63) is 22.2 Å². The SMILES string of the molecule is Nc1nc(=O)n(C2CC(O)C(CO)O2)cc1CO. The summed E-state index contributed by atoms with van der Waals surface area (Å²) in [5.41, 5.74) is 5.15. The van der Waals surface area contributed by atoms with Gasteiger partial charge in [0.05, 0.1) is 19.3 Å². The maximum atomic E-state index is 11.7. The highest BCUT2D eigenvalue weighted by molar-refractivity contribution is 5.36. The first-order valence-corrected chi connectivity index (χ1v) is 5.49. The number of aliphatic hydroxyl groups is 3. The molecule has 1 aromatic heterocycles. The Kier molecular flexibility index (Phi) is 3.62. The number of aliphatic hydroxyl groups excluding tert-OH is 3. The molecule has 1 saturated heterocycles. The molecule has 0 aliphatic carbocycles. The van der Waals surface area contributed by atoms with Gasteiger partial charge in [0.1, 0.15) is 18.1 Å². The molecule has 5 N–H and O–H groups in total. The second-order valence-electron chi connectivity index (χ2n) is 4.11. The van der Waals surface area contributed by atoms with Crippen molar-refractivity contribution in [2.75, 3.05) is 12.3 Å². The van der Waals surface area contributed by atoms with Gasteiger partial charge in [-0.25, -0.2) is 4.79 Å². The molecule has 3 atom stereocenters. The van der Waals surface area contributed by atoms with Gasteiger partial charge in [0.15, 0.2) is 0 Å². The molecule has 1 aliphatic heterocycles. The van der Waals surface area contributed by atoms with Gasteiger partial charge in [-0.1, -0.05) is 0 Å². The molecule has 0 saturated carbocycles. The lowest BCUT2D eigenvalue weighted by atomic mass is 10.2. The van der Waals surface area contributed by atoms with E-state index in [0.717, 1.165) is 4.57 Å². The van der Waals surface area contributed by atoms with E-state index < -0.39 is 24.1 Å². The fraction of sp³-hybridized carbons (Fsp3) is 0.600. The number of ether oxygens (including phenoxy) is 1. The summed E-state index contributed by atoms with van der Waals surface area (Å²) in [6.45, 7) is -0.681. The van der Waals surface area contributed by atoms with E-state index in [1.807, 2.05) is 0 Å². The summed E-state index contributed by atoms with van der Waals surface area (Å²) in [5, 5.41) is 27.6. The Morgan fingerprint density at radius 3 is 2.83 bits per heavy atom. The first-order chi connectivity index (χ1) is 8.56. The summed E-state index contributed by atoms with van der Waals surface area (Å²) in [7, 11) is 0. The number of nitrogens with zero attached hydrogens (tertiary/aromatic N) is 2. The van der Waals surface area contributed by atoms with Gasteiger partial charge in [0, 0.05) is 18.2 Å². The van der Waals surface area contributed by atoms with Gasteiger partial charge < -0.3 is 25.8 Å². The molecular formula is C10H15N3O5. The van der Waals surface area contributed by atoms with Crippen LogP contribution < -0.4 is 11.4 Å². The highest BCUT2D eigenvalue weighted by Crippen LogP contribution is 2.27. The molecule has 1 aromatic rings. The van der Waals surface area contributed by atoms with Crippen molar-refractivity contribution in [2.24, 2.45) is 0 Å². The van der Waals surface area contributed by atoms with Crippen LogP contribution in [-0.4, -0.2) is 43.7 Å². The molecule has 8 nitrogen and oxygen atoms in total. The van der Waals surface area contributed by atoms with Gasteiger partial charge in [-0.2, -0.15) is 4.98 Å². The Morgan fingerprint density at radius 2 is 2.28 bits per heavy atom. The second-order valence-corrected chi connectivity index (χ2v) is 4.11. The van der Waals surface area contributed by atoms with Crippen molar-refractivity contribution in [1.29, 1.82) is 0 Å². The Hall–Kier alpha value is -1.48. The lowest BCUT2D eigenvalue weighted by molar-refractivity contribution is -0.0459. The molecule has 100 valence electrons. The van der Waals surface area contributed by atoms with E-state index in [4.69, 9.17) is 20.7 Å². The smallest absolute Gasteiger partial charge is 0.351 e. The fourth-order valence-corrected chi connectivity index (χ4v) is 1.90. The number of nitrogens with two attached hydrogens (primary N) is 1. The monoisotopic (exact) mass is 257 g/mol. The van der Waals surface area contributed by atoms with Crippen LogP contribution in [0.4, 0.5) is 5.82 Å². The van der Waals surface area contributed by atoms with Crippen LogP contribution in [0.1, 0.15) is 18.2 Å². The van der Waals surface area contributed by atoms with Crippen molar-refractivity contribution >= 4 is 5.82 Å². The van der Waals surface area contributed by atoms with E-state index >= 15 is 0 Å². The Bertz CT molecular complexity index is 489. The van der Waals surface area contributed by atoms with Crippen molar-refractivity contribution in [3.8, 4) is 0 Å². The second kappa shape index (κ2) is 5.02. The molecular weight excluding hydrogens is 242 g/mol. The number of aromatic nitrogens is 2. The van der Waals surface area contributed by atoms with Crippen LogP contribution in [0, 0.1) is 0 Å². The minimum absolute atomic E-state index is 0.0315. The molecule has 18 heavy (non-hydrogen) atoms. The van der Waals surface area contributed by atoms with Gasteiger partial charge in [-0.3, -0.25) is 4.57 Å². The average Bonchev–Trinajstić information content (AvgIpc) is 2.70. The molecule has 1 fully saturated rings. The van der Waals surface area contributed by atoms with E-state index in [9.17, 15) is 9.90 Å². The van der Waals surface area contributed by atoms with Crippen LogP contribution in [0.25, 0.3) is 0 Å². The van der Waals surface area contributed by atoms with Crippen LogP contribution in [-0.2, 0) is 11.3 Å². The minimum atomic E-state index is -0.845. The lowest BCUT2D eigenvalue weighted by Crippen LogP contribution is -2.29. The molecule has 3 unspecified atom stereocenters. The molecule has 1 aliphatic rings. The molecule has 0 radical (unpaired) electrons. The first kappa shape index (κ1) is 13.0. The number of rotatable bonds is 3. The Morgan fingerprint density at radius 1 is 1.56 bits per heavy atom. The summed E-state index contributed by atoms with van der Waals surface area (Å²) >= 11 is 0. The third-order valence-electron chi connectivity index (χ3n) is 2.93. The van der Waals surface area contributed by atoms with Crippen molar-refractivity contribution in [1.82, 2.24) is 9.55 Å². The molecule has 2 heterocycles. The van der Waals surface area contributed by atoms with Crippen LogP contribution in [0.2, 0.25) is 0 Å². The van der Waals surface area contributed by atoms with Gasteiger partial charge in [0.25, 0.3) is 0 Å². The zero-order valence-electron chi connectivity index (χ0n) is 9.56. The largest absolute Gasteiger partial charge is 0.394 e. The highest BCUT2D eigenvalue weighted by atomic mass is 16.5. The number of hydrogen-bond donors (Lipinski definition) is 4. The third-order valence-corrected chi connectivity index (χ3v) is 2.93. The molecule has 8 heteroatoms. The maximum absolute atomic E-state index is 11.7. The summed E-state index contributed by atoms with van der Waals surface area (Å²) < 4.78 is 6.48. The summed E-state index contributed by atoms with van der Waals surface area (Å²) in [4.78, 5) is 15.2. The highest BCUT2D eigenvalue weighted by Gasteiger charge is 2.35. The lowest BCUT2D eigenvalue weighted by Gasteiger charge is -2.15. The van der Waals surface area contributed by atoms with E-state index in [0.29, 0.717) is 5.56 Å². The van der Waals surface area contributed by atoms with Crippen LogP contribution in [0.5, 0.6) is 0 Å². The molecule has 0 aromatic carbocycles. The van der Waals surface area contributed by atoms with E-state index in [1.165, 1.54) is 6.20 Å². The van der Waals surface area contributed by atoms with Gasteiger partial charge in [0.2, 0.25) is 0 Å². The summed E-state index contributed by atoms with van der Waals surface area (Å²) in [6.07, 6.45) is -0.772. The van der Waals surface area contributed by atoms with Gasteiger partial charge in [-0.05, 0) is 0 Å². The van der Waals surface area contributed by atoms with Crippen molar-refractivity contribution in [3.63, 3.8) is 0 Å². The number of anilines is 1. The normalized spacial score (nSPS) is 27.6. The topological polar surface area (TPSA) is 131 Å². The Balaban J connectivity index is 2.32. The zero-order valence-corrected chi connectivity index (χ0v) is 9.56. The molecule has 0 amide bonds. The summed E-state index contributed by atoms with van der Waals surface area (Å²) in [6, 6.07) is 0. The van der Waals surface area contributed by atoms with E-state index in [1.54, 1.807) is 0 Å². The molecule has 2 rings (SSSR count). The predicted molar refractivity (Wildman–Crippen MR) is 60.5 cm³/mol. The molecule has 0 bridgehead atoms. The van der Waals surface area contributed by atoms with Crippen LogP contribution in [0.15, 0.2) is 11.0 Å². The maximum Gasteiger partial charge on any atom is 0.351 e. The quantitative estimate of drug-likeness (QED) is 0.490. The van der Waals surface area contributed by atoms with Gasteiger partial charge >= 0.3 is 5.69 Å². The predicted octanol–water partition coefficient (Wildman–Crippen LogP) is -2.04. The zero-order chi connectivity index (χ0) is 13.3. The number of nitrogen functional groups attached to an aromatic ring is 1. The van der Waals surface area contributed by atoms with Crippen molar-refractivity contribution < 1.29 is 20.1 Å². The molecule has 0 spiro atoms.